The van der Waals surface area contributed by atoms with Crippen molar-refractivity contribution in [2.45, 2.75) is 43.3 Å². The van der Waals surface area contributed by atoms with Crippen molar-refractivity contribution in [3.8, 4) is 0 Å². The SMILES string of the molecule is CC(F)(F)C(F)(F)C(F)(F)C(O)(F)F.FC1OC1(F)F. The van der Waals surface area contributed by atoms with Gasteiger partial charge >= 0.3 is 30.0 Å². The van der Waals surface area contributed by atoms with Gasteiger partial charge in [0.25, 0.3) is 6.36 Å². The Morgan fingerprint density at radius 1 is 0.900 bits per heavy atom. The minimum Gasteiger partial charge on any atom is -0.331 e. The van der Waals surface area contributed by atoms with Gasteiger partial charge in [-0.1, -0.05) is 0 Å². The Hall–Kier alpha value is -0.850. The lowest BCUT2D eigenvalue weighted by molar-refractivity contribution is -0.414. The minimum atomic E-state index is -6.54. The molecule has 2 nitrogen and oxygen atoms in total. The average Bonchev–Trinajstić information content (AvgIpc) is 2.67. The summed E-state index contributed by atoms with van der Waals surface area (Å²) in [6.07, 6.45) is -12.0. The smallest absolute Gasteiger partial charge is 0.331 e. The van der Waals surface area contributed by atoms with E-state index in [9.17, 15) is 48.3 Å². The summed E-state index contributed by atoms with van der Waals surface area (Å²) in [7, 11) is 0. The molecule has 0 radical (unpaired) electrons. The van der Waals surface area contributed by atoms with Gasteiger partial charge in [-0.2, -0.15) is 43.9 Å². The highest BCUT2D eigenvalue weighted by Gasteiger charge is 2.79. The maximum Gasteiger partial charge on any atom is 0.423 e. The van der Waals surface area contributed by atoms with Crippen molar-refractivity contribution in [1.82, 2.24) is 0 Å². The fourth-order valence-corrected chi connectivity index (χ4v) is 0.568. The Morgan fingerprint density at radius 2 is 1.15 bits per heavy atom. The molecule has 1 atom stereocenters. The van der Waals surface area contributed by atoms with Crippen molar-refractivity contribution in [2.75, 3.05) is 0 Å². The van der Waals surface area contributed by atoms with Gasteiger partial charge in [-0.15, -0.1) is 0 Å². The van der Waals surface area contributed by atoms with Crippen molar-refractivity contribution in [3.05, 3.63) is 0 Å². The van der Waals surface area contributed by atoms with Crippen LogP contribution in [0.3, 0.4) is 0 Å². The zero-order valence-electron chi connectivity index (χ0n) is 9.09. The van der Waals surface area contributed by atoms with E-state index in [0.717, 1.165) is 0 Å². The number of aliphatic hydroxyl groups is 1. The summed E-state index contributed by atoms with van der Waals surface area (Å²) in [6, 6.07) is 0. The highest BCUT2D eigenvalue weighted by molar-refractivity contribution is 4.97. The van der Waals surface area contributed by atoms with E-state index in [4.69, 9.17) is 5.11 Å². The van der Waals surface area contributed by atoms with E-state index in [2.05, 4.69) is 4.74 Å². The van der Waals surface area contributed by atoms with Gasteiger partial charge in [0.15, 0.2) is 0 Å². The van der Waals surface area contributed by atoms with E-state index < -0.39 is 43.3 Å². The molecule has 1 N–H and O–H groups in total. The number of epoxide rings is 1. The van der Waals surface area contributed by atoms with E-state index in [1.165, 1.54) is 0 Å². The predicted molar refractivity (Wildman–Crippen MR) is 38.6 cm³/mol. The lowest BCUT2D eigenvalue weighted by Gasteiger charge is -2.32. The summed E-state index contributed by atoms with van der Waals surface area (Å²) in [5, 5.41) is 7.35. The molecule has 0 bridgehead atoms. The van der Waals surface area contributed by atoms with Crippen molar-refractivity contribution < 1.29 is 58.1 Å². The number of hydrogen-bond donors (Lipinski definition) is 1. The maximum atomic E-state index is 12.1. The quantitative estimate of drug-likeness (QED) is 0.635. The number of halogens is 11. The summed E-state index contributed by atoms with van der Waals surface area (Å²) in [6.45, 7) is -0.660. The van der Waals surface area contributed by atoms with Gasteiger partial charge in [-0.25, -0.2) is 4.39 Å². The van der Waals surface area contributed by atoms with Gasteiger partial charge in [0.1, 0.15) is 0 Å². The van der Waals surface area contributed by atoms with E-state index in [0.29, 0.717) is 0 Å². The lowest BCUT2D eigenvalue weighted by Crippen LogP contribution is -2.61. The minimum absolute atomic E-state index is 0.660. The fraction of sp³-hybridized carbons (Fsp3) is 1.00. The zero-order chi connectivity index (χ0) is 16.8. The Morgan fingerprint density at radius 3 is 1.20 bits per heavy atom. The van der Waals surface area contributed by atoms with Crippen LogP contribution in [0.5, 0.6) is 0 Å². The van der Waals surface area contributed by atoms with Crippen LogP contribution in [0.4, 0.5) is 48.3 Å². The molecule has 1 fully saturated rings. The van der Waals surface area contributed by atoms with Crippen molar-refractivity contribution in [2.24, 2.45) is 0 Å². The Labute approximate surface area is 103 Å². The third-order valence-corrected chi connectivity index (χ3v) is 1.79. The van der Waals surface area contributed by atoms with Crippen molar-refractivity contribution in [1.29, 1.82) is 0 Å². The molecule has 0 aliphatic carbocycles. The molecule has 122 valence electrons. The first-order valence-corrected chi connectivity index (χ1v) is 4.31. The van der Waals surface area contributed by atoms with E-state index in [1.807, 2.05) is 0 Å². The summed E-state index contributed by atoms with van der Waals surface area (Å²) < 4.78 is 131. The molecule has 0 amide bonds. The van der Waals surface area contributed by atoms with Crippen LogP contribution < -0.4 is 0 Å². The molecule has 20 heavy (non-hydrogen) atoms. The van der Waals surface area contributed by atoms with Crippen LogP contribution in [-0.4, -0.2) is 41.4 Å². The fourth-order valence-electron chi connectivity index (χ4n) is 0.568. The molecule has 1 aliphatic rings. The van der Waals surface area contributed by atoms with Gasteiger partial charge in [0.2, 0.25) is 0 Å². The molecule has 1 heterocycles. The number of alkyl halides is 11. The third-order valence-electron chi connectivity index (χ3n) is 1.79. The number of hydrogen-bond acceptors (Lipinski definition) is 2. The standard InChI is InChI=1S/C5H4F8O.C2HF3O/c1-2(6,7)3(8,9)4(10,11)5(12,13)14;3-1-2(4,5)6-1/h14H,1H3;1H. The summed E-state index contributed by atoms with van der Waals surface area (Å²) >= 11 is 0. The van der Waals surface area contributed by atoms with Crippen LogP contribution in [0.2, 0.25) is 0 Å². The van der Waals surface area contributed by atoms with Crippen LogP contribution in [0, 0.1) is 0 Å². The van der Waals surface area contributed by atoms with Gasteiger partial charge in [0, 0.05) is 6.92 Å². The molecule has 1 unspecified atom stereocenters. The molecule has 1 rings (SSSR count). The molecular weight excluding hydrogens is 325 g/mol. The first-order valence-electron chi connectivity index (χ1n) is 4.31. The van der Waals surface area contributed by atoms with Gasteiger partial charge in [-0.3, -0.25) is 4.74 Å². The zero-order valence-corrected chi connectivity index (χ0v) is 9.09. The van der Waals surface area contributed by atoms with Crippen LogP contribution in [-0.2, 0) is 4.74 Å². The molecule has 1 aliphatic heterocycles. The molecule has 0 saturated carbocycles. The van der Waals surface area contributed by atoms with Crippen LogP contribution in [0.1, 0.15) is 6.92 Å². The summed E-state index contributed by atoms with van der Waals surface area (Å²) in [5.74, 6) is -18.3. The highest BCUT2D eigenvalue weighted by atomic mass is 19.4. The summed E-state index contributed by atoms with van der Waals surface area (Å²) in [4.78, 5) is 0. The molecule has 1 saturated heterocycles. The molecular formula is C7H5F11O2. The first kappa shape index (κ1) is 19.1. The average molecular weight is 330 g/mol. The second-order valence-electron chi connectivity index (χ2n) is 3.57. The van der Waals surface area contributed by atoms with E-state index >= 15 is 0 Å². The third kappa shape index (κ3) is 3.62. The lowest BCUT2D eigenvalue weighted by atomic mass is 10.1. The second-order valence-corrected chi connectivity index (χ2v) is 3.57. The van der Waals surface area contributed by atoms with Gasteiger partial charge in [0.05, 0.1) is 0 Å². The van der Waals surface area contributed by atoms with Crippen LogP contribution >= 0.6 is 0 Å². The van der Waals surface area contributed by atoms with E-state index in [-0.39, 0.29) is 0 Å². The molecule has 0 spiro atoms. The molecule has 0 aromatic heterocycles. The number of ether oxygens (including phenoxy) is 1. The van der Waals surface area contributed by atoms with Gasteiger partial charge in [-0.05, 0) is 0 Å². The second kappa shape index (κ2) is 4.86. The normalized spacial score (nSPS) is 22.9. The number of rotatable bonds is 3. The Kier molecular flexibility index (Phi) is 4.65. The van der Waals surface area contributed by atoms with Crippen LogP contribution in [0.15, 0.2) is 0 Å². The first-order chi connectivity index (χ1) is 8.38. The highest BCUT2D eigenvalue weighted by Crippen LogP contribution is 2.51. The van der Waals surface area contributed by atoms with Crippen molar-refractivity contribution >= 4 is 0 Å². The predicted octanol–water partition coefficient (Wildman–Crippen LogP) is 3.40. The Balaban J connectivity index is 0.000000493. The van der Waals surface area contributed by atoms with Crippen LogP contribution in [0.25, 0.3) is 0 Å². The summed E-state index contributed by atoms with van der Waals surface area (Å²) in [5.41, 5.74) is 0. The Bertz CT molecular complexity index is 318. The maximum absolute atomic E-state index is 12.1. The topological polar surface area (TPSA) is 32.8 Å². The molecule has 0 aromatic rings. The molecule has 0 aromatic carbocycles. The largest absolute Gasteiger partial charge is 0.423 e. The molecule has 13 heteroatoms. The van der Waals surface area contributed by atoms with Crippen molar-refractivity contribution in [3.63, 3.8) is 0 Å². The van der Waals surface area contributed by atoms with E-state index in [1.54, 1.807) is 0 Å². The monoisotopic (exact) mass is 330 g/mol. The van der Waals surface area contributed by atoms with Gasteiger partial charge < -0.3 is 5.11 Å².